The molecule has 2 aliphatic heterocycles. The maximum absolute atomic E-state index is 13.8. The Morgan fingerprint density at radius 1 is 0.946 bits per heavy atom. The topological polar surface area (TPSA) is 71.6 Å². The average molecular weight is 499 g/mol. The number of nitrogens with zero attached hydrogens (tertiary/aromatic N) is 3. The second-order valence-corrected chi connectivity index (χ2v) is 11.4. The zero-order valence-corrected chi connectivity index (χ0v) is 21.9. The van der Waals surface area contributed by atoms with Gasteiger partial charge in [0.1, 0.15) is 0 Å². The largest absolute Gasteiger partial charge is 0.328 e. The third-order valence-corrected chi connectivity index (χ3v) is 8.31. The van der Waals surface area contributed by atoms with E-state index in [9.17, 15) is 9.59 Å². The first kappa shape index (κ1) is 25.3. The van der Waals surface area contributed by atoms with Crippen molar-refractivity contribution in [2.45, 2.75) is 51.7 Å². The summed E-state index contributed by atoms with van der Waals surface area (Å²) in [4.78, 5) is 30.8. The number of carbonyl (C=O) groups is 1. The SMILES string of the molecule is CC1(C)CN(C(=O)N2CC[C@@H](N)C[C@H]2c2ccccc2)CCC1Cn1ccc(-c2ccccc2)cc1=O. The van der Waals surface area contributed by atoms with Gasteiger partial charge in [-0.05, 0) is 53.4 Å². The summed E-state index contributed by atoms with van der Waals surface area (Å²) in [6, 6.07) is 24.2. The van der Waals surface area contributed by atoms with Crippen LogP contribution in [0.25, 0.3) is 11.1 Å². The van der Waals surface area contributed by atoms with Gasteiger partial charge in [-0.2, -0.15) is 0 Å². The smallest absolute Gasteiger partial charge is 0.320 e. The molecule has 0 aliphatic carbocycles. The van der Waals surface area contributed by atoms with Crippen LogP contribution in [-0.2, 0) is 6.54 Å². The highest BCUT2D eigenvalue weighted by Gasteiger charge is 2.41. The van der Waals surface area contributed by atoms with Crippen molar-refractivity contribution >= 4 is 6.03 Å². The Morgan fingerprint density at radius 3 is 2.32 bits per heavy atom. The molecule has 2 N–H and O–H groups in total. The maximum atomic E-state index is 13.8. The molecule has 2 fully saturated rings. The van der Waals surface area contributed by atoms with E-state index in [2.05, 4.69) is 26.0 Å². The first-order valence-electron chi connectivity index (χ1n) is 13.4. The molecule has 2 amide bonds. The molecule has 0 spiro atoms. The van der Waals surface area contributed by atoms with Crippen molar-refractivity contribution in [2.24, 2.45) is 17.1 Å². The van der Waals surface area contributed by atoms with Crippen molar-refractivity contribution in [3.63, 3.8) is 0 Å². The molecule has 37 heavy (non-hydrogen) atoms. The number of hydrogen-bond donors (Lipinski definition) is 1. The number of aromatic nitrogens is 1. The Bertz CT molecular complexity index is 1270. The molecule has 6 heteroatoms. The molecule has 0 radical (unpaired) electrons. The molecule has 2 saturated heterocycles. The van der Waals surface area contributed by atoms with E-state index in [1.54, 1.807) is 6.07 Å². The van der Waals surface area contributed by atoms with Crippen molar-refractivity contribution in [1.29, 1.82) is 0 Å². The summed E-state index contributed by atoms with van der Waals surface area (Å²) in [5, 5.41) is 0. The van der Waals surface area contributed by atoms with E-state index in [0.29, 0.717) is 32.1 Å². The van der Waals surface area contributed by atoms with E-state index in [1.165, 1.54) is 0 Å². The maximum Gasteiger partial charge on any atom is 0.320 e. The first-order valence-corrected chi connectivity index (χ1v) is 13.4. The zero-order valence-electron chi connectivity index (χ0n) is 21.9. The van der Waals surface area contributed by atoms with Crippen LogP contribution in [0.1, 0.15) is 44.7 Å². The summed E-state index contributed by atoms with van der Waals surface area (Å²) in [6.45, 7) is 7.17. The zero-order chi connectivity index (χ0) is 26.0. The van der Waals surface area contributed by atoms with Crippen LogP contribution < -0.4 is 11.3 Å². The minimum absolute atomic E-state index is 0.0139. The predicted octanol–water partition coefficient (Wildman–Crippen LogP) is 5.15. The summed E-state index contributed by atoms with van der Waals surface area (Å²) in [6.07, 6.45) is 4.41. The summed E-state index contributed by atoms with van der Waals surface area (Å²) in [5.41, 5.74) is 9.36. The molecule has 3 aromatic rings. The molecule has 3 heterocycles. The van der Waals surface area contributed by atoms with Crippen LogP contribution in [0.2, 0.25) is 0 Å². The molecule has 3 atom stereocenters. The molecule has 2 aromatic carbocycles. The van der Waals surface area contributed by atoms with Crippen molar-refractivity contribution in [2.75, 3.05) is 19.6 Å². The van der Waals surface area contributed by atoms with Crippen LogP contribution in [-0.4, -0.2) is 46.1 Å². The standard InChI is InChI=1S/C31H38N4O2/c1-31(2)22-34(30(37)35-18-15-27(32)20-28(35)24-11-7-4-8-12-24)17-14-26(31)21-33-16-13-25(19-29(33)36)23-9-5-3-6-10-23/h3-13,16,19,26-28H,14-15,17-18,20-22,32H2,1-2H3/t26?,27-,28+/m1/s1. The number of benzene rings is 2. The molecular weight excluding hydrogens is 460 g/mol. The highest BCUT2D eigenvalue weighted by Crippen LogP contribution is 2.38. The fraction of sp³-hybridized carbons (Fsp3) is 0.419. The van der Waals surface area contributed by atoms with Gasteiger partial charge in [0.05, 0.1) is 6.04 Å². The molecular formula is C31H38N4O2. The number of amides is 2. The summed E-state index contributed by atoms with van der Waals surface area (Å²) >= 11 is 0. The number of hydrogen-bond acceptors (Lipinski definition) is 3. The van der Waals surface area contributed by atoms with Crippen LogP contribution in [0.3, 0.4) is 0 Å². The van der Waals surface area contributed by atoms with E-state index in [-0.39, 0.29) is 29.1 Å². The lowest BCUT2D eigenvalue weighted by Gasteiger charge is -2.48. The van der Waals surface area contributed by atoms with Gasteiger partial charge >= 0.3 is 6.03 Å². The van der Waals surface area contributed by atoms with Gasteiger partial charge in [-0.25, -0.2) is 4.79 Å². The highest BCUT2D eigenvalue weighted by molar-refractivity contribution is 5.75. The number of nitrogens with two attached hydrogens (primary N) is 1. The Hall–Kier alpha value is -3.38. The van der Waals surface area contributed by atoms with Gasteiger partial charge in [-0.15, -0.1) is 0 Å². The number of carbonyl (C=O) groups excluding carboxylic acids is 1. The minimum atomic E-state index is -0.111. The molecule has 1 aromatic heterocycles. The van der Waals surface area contributed by atoms with Crippen LogP contribution >= 0.6 is 0 Å². The van der Waals surface area contributed by atoms with E-state index in [1.807, 2.05) is 75.2 Å². The number of pyridine rings is 1. The van der Waals surface area contributed by atoms with Crippen LogP contribution in [0, 0.1) is 11.3 Å². The molecule has 5 rings (SSSR count). The highest BCUT2D eigenvalue weighted by atomic mass is 16.2. The Labute approximate surface area is 219 Å². The lowest BCUT2D eigenvalue weighted by Crippen LogP contribution is -2.56. The molecule has 194 valence electrons. The average Bonchev–Trinajstić information content (AvgIpc) is 2.91. The van der Waals surface area contributed by atoms with Gasteiger partial charge in [0.15, 0.2) is 0 Å². The number of urea groups is 1. The number of rotatable bonds is 4. The van der Waals surface area contributed by atoms with Crippen molar-refractivity contribution in [3.8, 4) is 11.1 Å². The van der Waals surface area contributed by atoms with Crippen LogP contribution in [0.4, 0.5) is 4.79 Å². The van der Waals surface area contributed by atoms with Crippen molar-refractivity contribution < 1.29 is 4.79 Å². The lowest BCUT2D eigenvalue weighted by atomic mass is 9.73. The third kappa shape index (κ3) is 5.49. The second-order valence-electron chi connectivity index (χ2n) is 11.4. The number of likely N-dealkylation sites (tertiary alicyclic amines) is 2. The Kier molecular flexibility index (Phi) is 7.20. The van der Waals surface area contributed by atoms with Gasteiger partial charge in [0.25, 0.3) is 5.56 Å². The molecule has 6 nitrogen and oxygen atoms in total. The minimum Gasteiger partial charge on any atom is -0.328 e. The lowest BCUT2D eigenvalue weighted by molar-refractivity contribution is 0.0392. The quantitative estimate of drug-likeness (QED) is 0.541. The van der Waals surface area contributed by atoms with Gasteiger partial charge in [0.2, 0.25) is 0 Å². The summed E-state index contributed by atoms with van der Waals surface area (Å²) < 4.78 is 1.83. The third-order valence-electron chi connectivity index (χ3n) is 8.31. The van der Waals surface area contributed by atoms with E-state index in [4.69, 9.17) is 5.73 Å². The summed E-state index contributed by atoms with van der Waals surface area (Å²) in [7, 11) is 0. The fourth-order valence-corrected chi connectivity index (χ4v) is 6.00. The van der Waals surface area contributed by atoms with Gasteiger partial charge in [-0.3, -0.25) is 4.79 Å². The Balaban J connectivity index is 1.28. The van der Waals surface area contributed by atoms with E-state index in [0.717, 1.165) is 36.0 Å². The van der Waals surface area contributed by atoms with Crippen molar-refractivity contribution in [1.82, 2.24) is 14.4 Å². The van der Waals surface area contributed by atoms with Crippen molar-refractivity contribution in [3.05, 3.63) is 94.9 Å². The molecule has 1 unspecified atom stereocenters. The molecule has 2 aliphatic rings. The van der Waals surface area contributed by atoms with E-state index >= 15 is 0 Å². The summed E-state index contributed by atoms with van der Waals surface area (Å²) in [5.74, 6) is 0.302. The second kappa shape index (κ2) is 10.5. The number of piperidine rings is 2. The van der Waals surface area contributed by atoms with Crippen LogP contribution in [0.5, 0.6) is 0 Å². The predicted molar refractivity (Wildman–Crippen MR) is 148 cm³/mol. The van der Waals surface area contributed by atoms with Crippen LogP contribution in [0.15, 0.2) is 83.8 Å². The molecule has 0 bridgehead atoms. The fourth-order valence-electron chi connectivity index (χ4n) is 6.00. The normalized spacial score (nSPS) is 23.6. The van der Waals surface area contributed by atoms with Gasteiger partial charge in [0, 0.05) is 44.5 Å². The monoisotopic (exact) mass is 498 g/mol. The van der Waals surface area contributed by atoms with Gasteiger partial charge in [-0.1, -0.05) is 74.5 Å². The van der Waals surface area contributed by atoms with E-state index < -0.39 is 0 Å². The molecule has 0 saturated carbocycles. The van der Waals surface area contributed by atoms with Gasteiger partial charge < -0.3 is 20.1 Å². The first-order chi connectivity index (χ1) is 17.8. The Morgan fingerprint density at radius 2 is 1.65 bits per heavy atom.